The number of rotatable bonds is 5. The van der Waals surface area contributed by atoms with Crippen LogP contribution in [0.15, 0.2) is 36.4 Å². The van der Waals surface area contributed by atoms with Gasteiger partial charge in [-0.3, -0.25) is 0 Å². The highest BCUT2D eigenvalue weighted by Crippen LogP contribution is 2.34. The van der Waals surface area contributed by atoms with Crippen molar-refractivity contribution >= 4 is 10.8 Å². The van der Waals surface area contributed by atoms with E-state index in [1.54, 1.807) is 14.0 Å². The number of aliphatic hydroxyl groups is 1. The highest BCUT2D eigenvalue weighted by atomic mass is 16.5. The van der Waals surface area contributed by atoms with Gasteiger partial charge in [0.2, 0.25) is 0 Å². The Bertz CT molecular complexity index is 549. The molecule has 0 heterocycles. The van der Waals surface area contributed by atoms with Crippen molar-refractivity contribution in [2.24, 2.45) is 0 Å². The molecule has 2 atom stereocenters. The summed E-state index contributed by atoms with van der Waals surface area (Å²) in [5, 5.41) is 12.0. The summed E-state index contributed by atoms with van der Waals surface area (Å²) in [7, 11) is 1.65. The predicted octanol–water partition coefficient (Wildman–Crippen LogP) is 3.31. The van der Waals surface area contributed by atoms with Gasteiger partial charge in [-0.1, -0.05) is 36.4 Å². The van der Waals surface area contributed by atoms with E-state index in [4.69, 9.17) is 9.47 Å². The van der Waals surface area contributed by atoms with Crippen LogP contribution in [-0.2, 0) is 4.74 Å². The summed E-state index contributed by atoms with van der Waals surface area (Å²) in [5.41, 5.74) is 0.807. The maximum Gasteiger partial charge on any atom is 0.133 e. The van der Waals surface area contributed by atoms with Crippen LogP contribution in [0, 0.1) is 0 Å². The minimum atomic E-state index is -0.561. The van der Waals surface area contributed by atoms with E-state index in [0.29, 0.717) is 6.61 Å². The van der Waals surface area contributed by atoms with Crippen LogP contribution in [-0.4, -0.2) is 24.9 Å². The molecule has 0 saturated heterocycles. The van der Waals surface area contributed by atoms with E-state index in [1.807, 2.05) is 43.3 Å². The molecule has 2 rings (SSSR count). The van der Waals surface area contributed by atoms with Crippen molar-refractivity contribution in [2.75, 3.05) is 13.7 Å². The molecule has 2 aromatic carbocycles. The van der Waals surface area contributed by atoms with E-state index >= 15 is 0 Å². The number of hydrogen-bond acceptors (Lipinski definition) is 3. The molecule has 0 amide bonds. The fourth-order valence-electron chi connectivity index (χ4n) is 2.19. The number of fused-ring (bicyclic) bond motifs is 1. The third-order valence-corrected chi connectivity index (χ3v) is 3.08. The second-order valence-electron chi connectivity index (χ2n) is 4.76. The van der Waals surface area contributed by atoms with Crippen LogP contribution in [0.1, 0.15) is 25.5 Å². The first-order valence-corrected chi connectivity index (χ1v) is 6.48. The van der Waals surface area contributed by atoms with Gasteiger partial charge in [0.05, 0.1) is 12.7 Å². The van der Waals surface area contributed by atoms with Crippen molar-refractivity contribution in [1.82, 2.24) is 0 Å². The lowest BCUT2D eigenvalue weighted by molar-refractivity contribution is 0.0897. The normalized spacial score (nSPS) is 14.3. The minimum absolute atomic E-state index is 0.0618. The molecule has 0 aromatic heterocycles. The first-order valence-electron chi connectivity index (χ1n) is 6.48. The first kappa shape index (κ1) is 13.8. The molecule has 3 nitrogen and oxygen atoms in total. The molecule has 0 saturated carbocycles. The molecule has 0 aliphatic carbocycles. The van der Waals surface area contributed by atoms with Crippen molar-refractivity contribution in [3.05, 3.63) is 42.0 Å². The first-order chi connectivity index (χ1) is 9.13. The maximum atomic E-state index is 9.90. The van der Waals surface area contributed by atoms with E-state index in [2.05, 4.69) is 0 Å². The van der Waals surface area contributed by atoms with Crippen LogP contribution >= 0.6 is 0 Å². The summed E-state index contributed by atoms with van der Waals surface area (Å²) >= 11 is 0. The Morgan fingerprint density at radius 2 is 1.84 bits per heavy atom. The van der Waals surface area contributed by atoms with Gasteiger partial charge in [-0.15, -0.1) is 0 Å². The maximum absolute atomic E-state index is 9.90. The molecule has 19 heavy (non-hydrogen) atoms. The Balaban J connectivity index is 2.49. The number of aliphatic hydroxyl groups excluding tert-OH is 1. The Labute approximate surface area is 113 Å². The third-order valence-electron chi connectivity index (χ3n) is 3.08. The van der Waals surface area contributed by atoms with Crippen molar-refractivity contribution in [3.8, 4) is 5.75 Å². The van der Waals surface area contributed by atoms with Crippen LogP contribution in [0.2, 0.25) is 0 Å². The monoisotopic (exact) mass is 260 g/mol. The zero-order valence-corrected chi connectivity index (χ0v) is 11.6. The second-order valence-corrected chi connectivity index (χ2v) is 4.76. The third kappa shape index (κ3) is 3.06. The van der Waals surface area contributed by atoms with Gasteiger partial charge in [0, 0.05) is 18.1 Å². The Kier molecular flexibility index (Phi) is 4.40. The summed E-state index contributed by atoms with van der Waals surface area (Å²) in [6.45, 7) is 4.22. The highest BCUT2D eigenvalue weighted by Gasteiger charge is 2.15. The zero-order valence-electron chi connectivity index (χ0n) is 11.6. The SMILES string of the molecule is COCC(C)Oc1c([C@@H](C)O)ccc2ccccc12. The smallest absolute Gasteiger partial charge is 0.133 e. The average molecular weight is 260 g/mol. The number of benzene rings is 2. The molecule has 102 valence electrons. The average Bonchev–Trinajstić information content (AvgIpc) is 2.39. The molecule has 0 bridgehead atoms. The summed E-state index contributed by atoms with van der Waals surface area (Å²) in [4.78, 5) is 0. The number of methoxy groups -OCH3 is 1. The van der Waals surface area contributed by atoms with Gasteiger partial charge < -0.3 is 14.6 Å². The number of hydrogen-bond donors (Lipinski definition) is 1. The molecule has 1 N–H and O–H groups in total. The lowest BCUT2D eigenvalue weighted by atomic mass is 10.0. The number of ether oxygens (including phenoxy) is 2. The molecule has 3 heteroatoms. The minimum Gasteiger partial charge on any atom is -0.487 e. The van der Waals surface area contributed by atoms with Gasteiger partial charge in [-0.25, -0.2) is 0 Å². The summed E-state index contributed by atoms with van der Waals surface area (Å²) in [6.07, 6.45) is -0.623. The second kappa shape index (κ2) is 6.04. The standard InChI is InChI=1S/C16H20O3/c1-11(10-18-3)19-16-14(12(2)17)9-8-13-6-4-5-7-15(13)16/h4-9,11-12,17H,10H2,1-3H3/t11?,12-/m1/s1. The van der Waals surface area contributed by atoms with Gasteiger partial charge in [0.1, 0.15) is 11.9 Å². The molecule has 0 aliphatic heterocycles. The van der Waals surface area contributed by atoms with Crippen molar-refractivity contribution < 1.29 is 14.6 Å². The van der Waals surface area contributed by atoms with Crippen molar-refractivity contribution in [2.45, 2.75) is 26.1 Å². The van der Waals surface area contributed by atoms with Gasteiger partial charge in [0.25, 0.3) is 0 Å². The Morgan fingerprint density at radius 1 is 1.11 bits per heavy atom. The molecule has 2 aromatic rings. The molecule has 0 radical (unpaired) electrons. The molecular formula is C16H20O3. The van der Waals surface area contributed by atoms with Crippen molar-refractivity contribution in [3.63, 3.8) is 0 Å². The summed E-state index contributed by atoms with van der Waals surface area (Å²) < 4.78 is 11.1. The molecular weight excluding hydrogens is 240 g/mol. The van der Waals surface area contributed by atoms with Gasteiger partial charge in [-0.05, 0) is 19.2 Å². The highest BCUT2D eigenvalue weighted by molar-refractivity contribution is 5.89. The van der Waals surface area contributed by atoms with E-state index in [-0.39, 0.29) is 6.10 Å². The van der Waals surface area contributed by atoms with Crippen LogP contribution in [0.4, 0.5) is 0 Å². The molecule has 0 fully saturated rings. The summed E-state index contributed by atoms with van der Waals surface area (Å²) in [5.74, 6) is 0.748. The largest absolute Gasteiger partial charge is 0.487 e. The fraction of sp³-hybridized carbons (Fsp3) is 0.375. The Hall–Kier alpha value is -1.58. The van der Waals surface area contributed by atoms with Gasteiger partial charge in [0.15, 0.2) is 0 Å². The van der Waals surface area contributed by atoms with Crippen LogP contribution in [0.5, 0.6) is 5.75 Å². The van der Waals surface area contributed by atoms with E-state index in [9.17, 15) is 5.11 Å². The van der Waals surface area contributed by atoms with Gasteiger partial charge >= 0.3 is 0 Å². The van der Waals surface area contributed by atoms with Crippen LogP contribution in [0.25, 0.3) is 10.8 Å². The zero-order chi connectivity index (χ0) is 13.8. The summed E-state index contributed by atoms with van der Waals surface area (Å²) in [6, 6.07) is 11.9. The van der Waals surface area contributed by atoms with Crippen molar-refractivity contribution in [1.29, 1.82) is 0 Å². The topological polar surface area (TPSA) is 38.7 Å². The van der Waals surface area contributed by atoms with E-state index in [1.165, 1.54) is 0 Å². The van der Waals surface area contributed by atoms with E-state index < -0.39 is 6.10 Å². The van der Waals surface area contributed by atoms with Crippen LogP contribution < -0.4 is 4.74 Å². The quantitative estimate of drug-likeness (QED) is 0.896. The lowest BCUT2D eigenvalue weighted by Gasteiger charge is -2.20. The van der Waals surface area contributed by atoms with Crippen LogP contribution in [0.3, 0.4) is 0 Å². The van der Waals surface area contributed by atoms with Gasteiger partial charge in [-0.2, -0.15) is 0 Å². The molecule has 1 unspecified atom stereocenters. The lowest BCUT2D eigenvalue weighted by Crippen LogP contribution is -2.19. The molecule has 0 aliphatic rings. The van der Waals surface area contributed by atoms with E-state index in [0.717, 1.165) is 22.1 Å². The Morgan fingerprint density at radius 3 is 2.53 bits per heavy atom. The predicted molar refractivity (Wildman–Crippen MR) is 76.5 cm³/mol. The fourth-order valence-corrected chi connectivity index (χ4v) is 2.19. The molecule has 0 spiro atoms.